The molecule has 2 N–H and O–H groups in total. The third-order valence-corrected chi connectivity index (χ3v) is 2.81. The van der Waals surface area contributed by atoms with Gasteiger partial charge in [0.2, 0.25) is 5.82 Å². The molecule has 0 saturated carbocycles. The quantitative estimate of drug-likeness (QED) is 0.788. The maximum Gasteiger partial charge on any atom is 0.204 e. The number of morpholine rings is 1. The van der Waals surface area contributed by atoms with E-state index in [-0.39, 0.29) is 6.10 Å². The monoisotopic (exact) mass is 231 g/mol. The fraction of sp³-hybridized carbons (Fsp3) is 0.364. The van der Waals surface area contributed by atoms with Gasteiger partial charge in [0.25, 0.3) is 0 Å². The van der Waals surface area contributed by atoms with Crippen LogP contribution in [-0.4, -0.2) is 40.3 Å². The first-order valence-electron chi connectivity index (χ1n) is 5.59. The lowest BCUT2D eigenvalue weighted by atomic mass is 10.1. The molecule has 1 unspecified atom stereocenters. The van der Waals surface area contributed by atoms with Crippen LogP contribution in [0.3, 0.4) is 0 Å². The zero-order chi connectivity index (χ0) is 11.5. The molecule has 1 aliphatic rings. The largest absolute Gasteiger partial charge is 0.371 e. The van der Waals surface area contributed by atoms with Gasteiger partial charge < -0.3 is 10.1 Å². The van der Waals surface area contributed by atoms with Crippen LogP contribution in [0.4, 0.5) is 0 Å². The van der Waals surface area contributed by atoms with E-state index in [1.807, 2.05) is 24.3 Å². The lowest BCUT2D eigenvalue weighted by Gasteiger charge is -2.23. The van der Waals surface area contributed by atoms with Crippen LogP contribution in [0, 0.1) is 0 Å². The van der Waals surface area contributed by atoms with E-state index in [1.54, 1.807) is 0 Å². The van der Waals surface area contributed by atoms with Crippen molar-refractivity contribution in [3.05, 3.63) is 29.8 Å². The summed E-state index contributed by atoms with van der Waals surface area (Å²) in [6, 6.07) is 8.06. The molecule has 1 aromatic carbocycles. The minimum atomic E-state index is 0.142. The number of hydrogen-bond acceptors (Lipinski definition) is 5. The Balaban J connectivity index is 1.80. The van der Waals surface area contributed by atoms with Gasteiger partial charge in [-0.2, -0.15) is 5.21 Å². The summed E-state index contributed by atoms with van der Waals surface area (Å²) < 4.78 is 5.68. The van der Waals surface area contributed by atoms with Crippen molar-refractivity contribution in [3.8, 4) is 11.4 Å². The van der Waals surface area contributed by atoms with Crippen molar-refractivity contribution in [1.29, 1.82) is 0 Å². The van der Waals surface area contributed by atoms with Gasteiger partial charge >= 0.3 is 0 Å². The number of benzene rings is 1. The Hall–Kier alpha value is -1.79. The molecule has 1 fully saturated rings. The summed E-state index contributed by atoms with van der Waals surface area (Å²) in [5.41, 5.74) is 2.12. The fourth-order valence-corrected chi connectivity index (χ4v) is 1.91. The summed E-state index contributed by atoms with van der Waals surface area (Å²) >= 11 is 0. The van der Waals surface area contributed by atoms with Crippen LogP contribution in [0.15, 0.2) is 24.3 Å². The molecule has 1 atom stereocenters. The number of H-pyrrole nitrogens is 1. The summed E-state index contributed by atoms with van der Waals surface area (Å²) in [5.74, 6) is 0.610. The molecule has 1 aromatic heterocycles. The van der Waals surface area contributed by atoms with Gasteiger partial charge in [-0.05, 0) is 10.8 Å². The Bertz CT molecular complexity index is 461. The average Bonchev–Trinajstić information content (AvgIpc) is 2.94. The number of aromatic nitrogens is 4. The molecule has 1 aliphatic heterocycles. The first-order chi connectivity index (χ1) is 8.43. The number of tetrazole rings is 1. The summed E-state index contributed by atoms with van der Waals surface area (Å²) in [7, 11) is 0. The predicted octanol–water partition coefficient (Wildman–Crippen LogP) is 0.528. The smallest absolute Gasteiger partial charge is 0.204 e. The van der Waals surface area contributed by atoms with Gasteiger partial charge in [0, 0.05) is 18.7 Å². The van der Waals surface area contributed by atoms with Gasteiger partial charge in [0.1, 0.15) is 0 Å². The van der Waals surface area contributed by atoms with Crippen LogP contribution in [0.2, 0.25) is 0 Å². The van der Waals surface area contributed by atoms with E-state index in [0.29, 0.717) is 5.82 Å². The van der Waals surface area contributed by atoms with E-state index < -0.39 is 0 Å². The minimum absolute atomic E-state index is 0.142. The van der Waals surface area contributed by atoms with Crippen LogP contribution < -0.4 is 5.32 Å². The highest BCUT2D eigenvalue weighted by Crippen LogP contribution is 2.21. The number of hydrogen-bond donors (Lipinski definition) is 2. The molecule has 6 nitrogen and oxygen atoms in total. The Labute approximate surface area is 98.4 Å². The maximum absolute atomic E-state index is 5.68. The molecule has 17 heavy (non-hydrogen) atoms. The highest BCUT2D eigenvalue weighted by atomic mass is 16.5. The second-order valence-electron chi connectivity index (χ2n) is 3.92. The van der Waals surface area contributed by atoms with Crippen LogP contribution in [0.1, 0.15) is 11.7 Å². The molecule has 0 amide bonds. The number of nitrogens with one attached hydrogen (secondary N) is 2. The van der Waals surface area contributed by atoms with E-state index in [2.05, 4.69) is 25.9 Å². The molecular weight excluding hydrogens is 218 g/mol. The van der Waals surface area contributed by atoms with Crippen molar-refractivity contribution in [1.82, 2.24) is 25.9 Å². The maximum atomic E-state index is 5.68. The standard InChI is InChI=1S/C11H13N5O/c1-3-9(11-13-15-16-14-11)4-2-8(1)10-7-12-5-6-17-10/h1-4,10,12H,5-7H2,(H,13,14,15,16). The second-order valence-corrected chi connectivity index (χ2v) is 3.92. The van der Waals surface area contributed by atoms with E-state index in [4.69, 9.17) is 4.74 Å². The summed E-state index contributed by atoms with van der Waals surface area (Å²) in [4.78, 5) is 0. The van der Waals surface area contributed by atoms with E-state index in [9.17, 15) is 0 Å². The molecular formula is C11H13N5O. The number of ether oxygens (including phenoxy) is 1. The van der Waals surface area contributed by atoms with Crippen molar-refractivity contribution >= 4 is 0 Å². The highest BCUT2D eigenvalue weighted by molar-refractivity contribution is 5.54. The number of nitrogens with zero attached hydrogens (tertiary/aromatic N) is 3. The molecule has 2 heterocycles. The van der Waals surface area contributed by atoms with Crippen LogP contribution in [0.5, 0.6) is 0 Å². The van der Waals surface area contributed by atoms with Gasteiger partial charge in [-0.15, -0.1) is 10.2 Å². The van der Waals surface area contributed by atoms with Gasteiger partial charge in [0.15, 0.2) is 0 Å². The second kappa shape index (κ2) is 4.60. The van der Waals surface area contributed by atoms with Gasteiger partial charge in [-0.25, -0.2) is 0 Å². The van der Waals surface area contributed by atoms with Crippen molar-refractivity contribution < 1.29 is 4.74 Å². The van der Waals surface area contributed by atoms with Gasteiger partial charge in [-0.1, -0.05) is 24.3 Å². The number of aromatic amines is 1. The Morgan fingerprint density at radius 3 is 2.76 bits per heavy atom. The normalized spacial score (nSPS) is 20.4. The lowest BCUT2D eigenvalue weighted by Crippen LogP contribution is -2.33. The first kappa shape index (κ1) is 10.4. The zero-order valence-electron chi connectivity index (χ0n) is 9.26. The van der Waals surface area contributed by atoms with Crippen molar-refractivity contribution in [2.24, 2.45) is 0 Å². The molecule has 0 bridgehead atoms. The van der Waals surface area contributed by atoms with Gasteiger partial charge in [0.05, 0.1) is 12.7 Å². The fourth-order valence-electron chi connectivity index (χ4n) is 1.91. The molecule has 3 rings (SSSR count). The average molecular weight is 231 g/mol. The molecule has 0 radical (unpaired) electrons. The molecule has 2 aromatic rings. The Morgan fingerprint density at radius 1 is 1.24 bits per heavy atom. The minimum Gasteiger partial charge on any atom is -0.371 e. The molecule has 1 saturated heterocycles. The summed E-state index contributed by atoms with van der Waals surface area (Å²) in [6.07, 6.45) is 0.142. The van der Waals surface area contributed by atoms with Crippen LogP contribution >= 0.6 is 0 Å². The highest BCUT2D eigenvalue weighted by Gasteiger charge is 2.15. The summed E-state index contributed by atoms with van der Waals surface area (Å²) in [5, 5.41) is 17.2. The van der Waals surface area contributed by atoms with E-state index >= 15 is 0 Å². The third kappa shape index (κ3) is 2.17. The van der Waals surface area contributed by atoms with Crippen molar-refractivity contribution in [2.75, 3.05) is 19.7 Å². The van der Waals surface area contributed by atoms with Crippen molar-refractivity contribution in [2.45, 2.75) is 6.10 Å². The topological polar surface area (TPSA) is 75.7 Å². The van der Waals surface area contributed by atoms with E-state index in [0.717, 1.165) is 25.3 Å². The summed E-state index contributed by atoms with van der Waals surface area (Å²) in [6.45, 7) is 2.55. The van der Waals surface area contributed by atoms with E-state index in [1.165, 1.54) is 5.56 Å². The first-order valence-corrected chi connectivity index (χ1v) is 5.59. The third-order valence-electron chi connectivity index (χ3n) is 2.81. The molecule has 6 heteroatoms. The SMILES string of the molecule is c1cc(C2CNCCO2)ccc1-c1nn[nH]n1. The molecule has 0 aliphatic carbocycles. The Morgan fingerprint density at radius 2 is 2.12 bits per heavy atom. The lowest BCUT2D eigenvalue weighted by molar-refractivity contribution is 0.0277. The van der Waals surface area contributed by atoms with Crippen LogP contribution in [0.25, 0.3) is 11.4 Å². The van der Waals surface area contributed by atoms with Gasteiger partial charge in [-0.3, -0.25) is 0 Å². The van der Waals surface area contributed by atoms with Crippen molar-refractivity contribution in [3.63, 3.8) is 0 Å². The molecule has 88 valence electrons. The van der Waals surface area contributed by atoms with Crippen LogP contribution in [-0.2, 0) is 4.74 Å². The molecule has 0 spiro atoms. The predicted molar refractivity (Wildman–Crippen MR) is 61.2 cm³/mol. The number of rotatable bonds is 2. The zero-order valence-corrected chi connectivity index (χ0v) is 9.26. The Kier molecular flexibility index (Phi) is 2.81.